The van der Waals surface area contributed by atoms with E-state index in [-0.39, 0.29) is 5.92 Å². The Kier molecular flexibility index (Phi) is 6.46. The van der Waals surface area contributed by atoms with Crippen molar-refractivity contribution < 1.29 is 0 Å². The maximum atomic E-state index is 6.20. The Morgan fingerprint density at radius 2 is 1.79 bits per heavy atom. The average molecular weight is 302 g/mol. The third-order valence-corrected chi connectivity index (χ3v) is 3.38. The second kappa shape index (κ2) is 7.61. The Labute approximate surface area is 125 Å². The molecule has 0 bridgehead atoms. The number of benzene rings is 1. The van der Waals surface area contributed by atoms with Crippen LogP contribution in [-0.2, 0) is 0 Å². The van der Waals surface area contributed by atoms with Crippen LogP contribution in [0.25, 0.3) is 0 Å². The van der Waals surface area contributed by atoms with E-state index in [9.17, 15) is 0 Å². The lowest BCUT2D eigenvalue weighted by atomic mass is 10.0. The van der Waals surface area contributed by atoms with Crippen LogP contribution in [0.3, 0.4) is 0 Å². The van der Waals surface area contributed by atoms with E-state index < -0.39 is 0 Å². The molecule has 0 aliphatic heterocycles. The van der Waals surface area contributed by atoms with Crippen LogP contribution >= 0.6 is 23.2 Å². The molecule has 0 radical (unpaired) electrons. The number of guanidine groups is 1. The highest BCUT2D eigenvalue weighted by atomic mass is 35.5. The van der Waals surface area contributed by atoms with Crippen molar-refractivity contribution in [3.63, 3.8) is 0 Å². The second-order valence-electron chi connectivity index (χ2n) is 4.79. The van der Waals surface area contributed by atoms with Crippen LogP contribution in [0.2, 0.25) is 10.0 Å². The quantitative estimate of drug-likeness (QED) is 0.657. The summed E-state index contributed by atoms with van der Waals surface area (Å²) in [5.41, 5.74) is 0.971. The zero-order valence-electron chi connectivity index (χ0n) is 11.8. The first-order valence-electron chi connectivity index (χ1n) is 6.36. The molecular formula is C14H21Cl2N3. The van der Waals surface area contributed by atoms with Crippen molar-refractivity contribution in [3.05, 3.63) is 33.8 Å². The molecule has 0 aliphatic carbocycles. The highest BCUT2D eigenvalue weighted by Gasteiger charge is 2.14. The molecule has 3 nitrogen and oxygen atoms in total. The van der Waals surface area contributed by atoms with Gasteiger partial charge in [-0.05, 0) is 31.5 Å². The maximum absolute atomic E-state index is 6.20. The molecule has 0 fully saturated rings. The summed E-state index contributed by atoms with van der Waals surface area (Å²) in [4.78, 5) is 4.17. The molecule has 0 saturated carbocycles. The number of rotatable bonds is 4. The number of hydrogen-bond acceptors (Lipinski definition) is 1. The molecule has 1 aromatic carbocycles. The Balaban J connectivity index is 2.67. The molecule has 2 N–H and O–H groups in total. The monoisotopic (exact) mass is 301 g/mol. The van der Waals surface area contributed by atoms with E-state index in [0.717, 1.165) is 18.1 Å². The van der Waals surface area contributed by atoms with Crippen molar-refractivity contribution in [2.75, 3.05) is 13.6 Å². The van der Waals surface area contributed by atoms with Gasteiger partial charge in [-0.25, -0.2) is 0 Å². The molecule has 0 aromatic heterocycles. The fraction of sp³-hybridized carbons (Fsp3) is 0.500. The highest BCUT2D eigenvalue weighted by molar-refractivity contribution is 6.36. The Morgan fingerprint density at radius 1 is 1.21 bits per heavy atom. The van der Waals surface area contributed by atoms with Gasteiger partial charge in [-0.15, -0.1) is 0 Å². The van der Waals surface area contributed by atoms with E-state index in [0.29, 0.717) is 16.1 Å². The minimum absolute atomic E-state index is 0.201. The normalized spacial score (nSPS) is 13.5. The first kappa shape index (κ1) is 16.1. The summed E-state index contributed by atoms with van der Waals surface area (Å²) >= 11 is 12.4. The summed E-state index contributed by atoms with van der Waals surface area (Å²) in [6, 6.07) is 5.92. The van der Waals surface area contributed by atoms with Gasteiger partial charge in [0, 0.05) is 35.6 Å². The van der Waals surface area contributed by atoms with Gasteiger partial charge < -0.3 is 10.6 Å². The zero-order chi connectivity index (χ0) is 14.4. The van der Waals surface area contributed by atoms with Crippen LogP contribution in [0, 0.1) is 0 Å². The van der Waals surface area contributed by atoms with E-state index in [1.807, 2.05) is 18.2 Å². The lowest BCUT2D eigenvalue weighted by molar-refractivity contribution is 0.666. The molecule has 1 rings (SSSR count). The van der Waals surface area contributed by atoms with Gasteiger partial charge in [0.1, 0.15) is 0 Å². The first-order valence-corrected chi connectivity index (χ1v) is 7.12. The number of aliphatic imine (C=N–C) groups is 1. The molecular weight excluding hydrogens is 281 g/mol. The molecule has 0 aliphatic rings. The van der Waals surface area contributed by atoms with Gasteiger partial charge in [0.15, 0.2) is 5.96 Å². The maximum Gasteiger partial charge on any atom is 0.191 e. The molecule has 1 atom stereocenters. The third kappa shape index (κ3) is 4.92. The highest BCUT2D eigenvalue weighted by Crippen LogP contribution is 2.30. The Hall–Kier alpha value is -0.930. The molecule has 1 aromatic rings. The lowest BCUT2D eigenvalue weighted by Gasteiger charge is -2.19. The van der Waals surface area contributed by atoms with E-state index in [4.69, 9.17) is 23.2 Å². The molecule has 1 unspecified atom stereocenters. The largest absolute Gasteiger partial charge is 0.356 e. The van der Waals surface area contributed by atoms with Crippen LogP contribution in [0.1, 0.15) is 32.3 Å². The fourth-order valence-electron chi connectivity index (χ4n) is 1.80. The third-order valence-electron chi connectivity index (χ3n) is 2.72. The van der Waals surface area contributed by atoms with Crippen LogP contribution in [0.15, 0.2) is 23.2 Å². The van der Waals surface area contributed by atoms with Gasteiger partial charge in [-0.3, -0.25) is 4.99 Å². The van der Waals surface area contributed by atoms with Gasteiger partial charge in [0.05, 0.1) is 0 Å². The molecule has 0 spiro atoms. The van der Waals surface area contributed by atoms with Gasteiger partial charge >= 0.3 is 0 Å². The lowest BCUT2D eigenvalue weighted by Crippen LogP contribution is -2.42. The van der Waals surface area contributed by atoms with Crippen molar-refractivity contribution in [2.45, 2.75) is 32.7 Å². The van der Waals surface area contributed by atoms with Crippen LogP contribution in [0.4, 0.5) is 0 Å². The smallest absolute Gasteiger partial charge is 0.191 e. The molecule has 0 amide bonds. The summed E-state index contributed by atoms with van der Waals surface area (Å²) < 4.78 is 0. The first-order chi connectivity index (χ1) is 8.95. The van der Waals surface area contributed by atoms with Gasteiger partial charge in [0.2, 0.25) is 0 Å². The fourth-order valence-corrected chi connectivity index (χ4v) is 2.57. The number of nitrogens with zero attached hydrogens (tertiary/aromatic N) is 1. The number of halogens is 2. The topological polar surface area (TPSA) is 36.4 Å². The summed E-state index contributed by atoms with van der Waals surface area (Å²) in [7, 11) is 1.75. The SMILES string of the molecule is CN=C(NCC(C)c1c(Cl)cccc1Cl)NC(C)C. The van der Waals surface area contributed by atoms with Gasteiger partial charge in [0.25, 0.3) is 0 Å². The van der Waals surface area contributed by atoms with Crippen molar-refractivity contribution in [1.82, 2.24) is 10.6 Å². The molecule has 5 heteroatoms. The predicted octanol–water partition coefficient (Wildman–Crippen LogP) is 3.67. The average Bonchev–Trinajstić information content (AvgIpc) is 2.33. The summed E-state index contributed by atoms with van der Waals surface area (Å²) in [5, 5.41) is 7.92. The number of hydrogen-bond donors (Lipinski definition) is 2. The minimum atomic E-state index is 0.201. The van der Waals surface area contributed by atoms with Crippen molar-refractivity contribution in [2.24, 2.45) is 4.99 Å². The van der Waals surface area contributed by atoms with Gasteiger partial charge in [-0.1, -0.05) is 36.2 Å². The standard InChI is InChI=1S/C14H21Cl2N3/c1-9(2)19-14(17-4)18-8-10(3)13-11(15)6-5-7-12(13)16/h5-7,9-10H,8H2,1-4H3,(H2,17,18,19). The van der Waals surface area contributed by atoms with Crippen LogP contribution in [0.5, 0.6) is 0 Å². The molecule has 106 valence electrons. The second-order valence-corrected chi connectivity index (χ2v) is 5.60. The van der Waals surface area contributed by atoms with E-state index in [1.165, 1.54) is 0 Å². The van der Waals surface area contributed by atoms with Crippen LogP contribution in [-0.4, -0.2) is 25.6 Å². The minimum Gasteiger partial charge on any atom is -0.356 e. The number of nitrogens with one attached hydrogen (secondary N) is 2. The van der Waals surface area contributed by atoms with Gasteiger partial charge in [-0.2, -0.15) is 0 Å². The molecule has 0 saturated heterocycles. The Morgan fingerprint density at radius 3 is 2.26 bits per heavy atom. The zero-order valence-corrected chi connectivity index (χ0v) is 13.3. The van der Waals surface area contributed by atoms with Crippen molar-refractivity contribution >= 4 is 29.2 Å². The summed E-state index contributed by atoms with van der Waals surface area (Å²) in [5.74, 6) is 0.983. The molecule has 0 heterocycles. The summed E-state index contributed by atoms with van der Waals surface area (Å²) in [6.45, 7) is 6.95. The van der Waals surface area contributed by atoms with Crippen molar-refractivity contribution in [3.8, 4) is 0 Å². The predicted molar refractivity (Wildman–Crippen MR) is 84.5 cm³/mol. The Bertz CT molecular complexity index is 424. The van der Waals surface area contributed by atoms with E-state index in [2.05, 4.69) is 36.4 Å². The van der Waals surface area contributed by atoms with E-state index in [1.54, 1.807) is 7.05 Å². The van der Waals surface area contributed by atoms with E-state index >= 15 is 0 Å². The summed E-state index contributed by atoms with van der Waals surface area (Å²) in [6.07, 6.45) is 0. The van der Waals surface area contributed by atoms with Crippen LogP contribution < -0.4 is 10.6 Å². The van der Waals surface area contributed by atoms with Crippen molar-refractivity contribution in [1.29, 1.82) is 0 Å². The molecule has 19 heavy (non-hydrogen) atoms.